The third-order valence-corrected chi connectivity index (χ3v) is 3.30. The van der Waals surface area contributed by atoms with Crippen molar-refractivity contribution in [1.82, 2.24) is 10.2 Å². The second-order valence-corrected chi connectivity index (χ2v) is 4.39. The van der Waals surface area contributed by atoms with Crippen molar-refractivity contribution < 1.29 is 4.79 Å². The molecule has 0 bridgehead atoms. The average molecular weight is 242 g/mol. The summed E-state index contributed by atoms with van der Waals surface area (Å²) in [5.74, 6) is 0.946. The molecule has 0 saturated heterocycles. The largest absolute Gasteiger partial charge is 0.372 e. The maximum Gasteiger partial charge on any atom is 0.231 e. The maximum atomic E-state index is 11.6. The number of likely N-dealkylation sites (N-methyl/N-ethyl adjacent to an activating group) is 1. The van der Waals surface area contributed by atoms with Crippen LogP contribution in [0.15, 0.2) is 24.3 Å². The number of nitrogens with zero attached hydrogens (tertiary/aromatic N) is 2. The zero-order valence-corrected chi connectivity index (χ0v) is 10.3. The summed E-state index contributed by atoms with van der Waals surface area (Å²) in [5.41, 5.74) is 4.06. The van der Waals surface area contributed by atoms with E-state index in [1.807, 2.05) is 38.4 Å². The van der Waals surface area contributed by atoms with Crippen LogP contribution in [0.4, 0.5) is 11.5 Å². The summed E-state index contributed by atoms with van der Waals surface area (Å²) in [6.45, 7) is 0. The highest BCUT2D eigenvalue weighted by Gasteiger charge is 2.24. The number of amides is 1. The summed E-state index contributed by atoms with van der Waals surface area (Å²) in [6.07, 6.45) is 0.479. The van der Waals surface area contributed by atoms with Gasteiger partial charge >= 0.3 is 0 Å². The van der Waals surface area contributed by atoms with E-state index in [1.54, 1.807) is 4.90 Å². The predicted octanol–water partition coefficient (Wildman–Crippen LogP) is 1.64. The van der Waals surface area contributed by atoms with Gasteiger partial charge in [-0.25, -0.2) is 0 Å². The van der Waals surface area contributed by atoms with Crippen LogP contribution in [0.2, 0.25) is 0 Å². The molecule has 0 spiro atoms. The fourth-order valence-corrected chi connectivity index (χ4v) is 2.24. The molecule has 0 saturated carbocycles. The summed E-state index contributed by atoms with van der Waals surface area (Å²) in [6, 6.07) is 7.97. The van der Waals surface area contributed by atoms with Crippen LogP contribution < -0.4 is 10.2 Å². The number of fused-ring (bicyclic) bond motifs is 1. The quantitative estimate of drug-likeness (QED) is 0.841. The van der Waals surface area contributed by atoms with E-state index in [0.717, 1.165) is 28.3 Å². The Labute approximate surface area is 105 Å². The van der Waals surface area contributed by atoms with Crippen LogP contribution >= 0.6 is 0 Å². The zero-order chi connectivity index (χ0) is 12.7. The monoisotopic (exact) mass is 242 g/mol. The van der Waals surface area contributed by atoms with Crippen LogP contribution in [0.1, 0.15) is 5.56 Å². The van der Waals surface area contributed by atoms with E-state index >= 15 is 0 Å². The number of nitrogens with one attached hydrogen (secondary N) is 2. The van der Waals surface area contributed by atoms with E-state index in [1.165, 1.54) is 0 Å². The topological polar surface area (TPSA) is 61.0 Å². The summed E-state index contributed by atoms with van der Waals surface area (Å²) in [5, 5.41) is 10.1. The highest BCUT2D eigenvalue weighted by Crippen LogP contribution is 2.31. The molecule has 0 unspecified atom stereocenters. The fourth-order valence-electron chi connectivity index (χ4n) is 2.24. The van der Waals surface area contributed by atoms with Gasteiger partial charge in [0.2, 0.25) is 5.91 Å². The van der Waals surface area contributed by atoms with Crippen molar-refractivity contribution in [2.45, 2.75) is 6.42 Å². The van der Waals surface area contributed by atoms with E-state index < -0.39 is 0 Å². The second-order valence-electron chi connectivity index (χ2n) is 4.39. The molecule has 2 N–H and O–H groups in total. The van der Waals surface area contributed by atoms with Crippen LogP contribution in [0.5, 0.6) is 0 Å². The lowest BCUT2D eigenvalue weighted by atomic mass is 10.1. The number of H-pyrrole nitrogens is 1. The Morgan fingerprint density at radius 2 is 2.22 bits per heavy atom. The molecule has 0 aliphatic carbocycles. The number of aromatic amines is 1. The lowest BCUT2D eigenvalue weighted by Gasteiger charge is -2.09. The number of benzene rings is 1. The van der Waals surface area contributed by atoms with Gasteiger partial charge in [-0.3, -0.25) is 9.89 Å². The summed E-state index contributed by atoms with van der Waals surface area (Å²) in [7, 11) is 3.64. The summed E-state index contributed by atoms with van der Waals surface area (Å²) >= 11 is 0. The Bertz CT molecular complexity index is 617. The van der Waals surface area contributed by atoms with Gasteiger partial charge in [-0.15, -0.1) is 0 Å². The molecule has 0 atom stereocenters. The molecule has 5 heteroatoms. The van der Waals surface area contributed by atoms with Crippen LogP contribution in [0.25, 0.3) is 11.3 Å². The van der Waals surface area contributed by atoms with Gasteiger partial charge in [-0.2, -0.15) is 5.10 Å². The first kappa shape index (κ1) is 10.8. The van der Waals surface area contributed by atoms with Crippen molar-refractivity contribution in [3.63, 3.8) is 0 Å². The first-order chi connectivity index (χ1) is 8.69. The second kappa shape index (κ2) is 3.87. The maximum absolute atomic E-state index is 11.6. The summed E-state index contributed by atoms with van der Waals surface area (Å²) in [4.78, 5) is 13.3. The van der Waals surface area contributed by atoms with Crippen LogP contribution in [0.3, 0.4) is 0 Å². The van der Waals surface area contributed by atoms with Gasteiger partial charge in [0, 0.05) is 31.4 Å². The molecule has 2 heterocycles. The number of anilines is 2. The highest BCUT2D eigenvalue weighted by atomic mass is 16.2. The van der Waals surface area contributed by atoms with Gasteiger partial charge in [-0.05, 0) is 17.7 Å². The zero-order valence-electron chi connectivity index (χ0n) is 10.3. The molecule has 1 aliphatic rings. The number of hydrogen-bond acceptors (Lipinski definition) is 3. The average Bonchev–Trinajstić information content (AvgIpc) is 2.95. The minimum Gasteiger partial charge on any atom is -0.372 e. The number of carbonyl (C=O) groups is 1. The molecule has 1 aromatic carbocycles. The van der Waals surface area contributed by atoms with Gasteiger partial charge in [0.05, 0.1) is 12.1 Å². The molecule has 0 radical (unpaired) electrons. The molecular weight excluding hydrogens is 228 g/mol. The number of aromatic nitrogens is 2. The first-order valence-electron chi connectivity index (χ1n) is 5.82. The fraction of sp³-hybridized carbons (Fsp3) is 0.231. The Kier molecular flexibility index (Phi) is 2.33. The van der Waals surface area contributed by atoms with Crippen molar-refractivity contribution in [3.05, 3.63) is 29.8 Å². The molecule has 1 aromatic heterocycles. The lowest BCUT2D eigenvalue weighted by Crippen LogP contribution is -2.20. The van der Waals surface area contributed by atoms with E-state index in [9.17, 15) is 4.79 Å². The number of hydrogen-bond donors (Lipinski definition) is 2. The van der Waals surface area contributed by atoms with E-state index in [4.69, 9.17) is 0 Å². The smallest absolute Gasteiger partial charge is 0.231 e. The predicted molar refractivity (Wildman–Crippen MR) is 70.7 cm³/mol. The molecular formula is C13H14N4O. The third-order valence-electron chi connectivity index (χ3n) is 3.30. The van der Waals surface area contributed by atoms with Gasteiger partial charge < -0.3 is 10.2 Å². The minimum absolute atomic E-state index is 0.141. The van der Waals surface area contributed by atoms with Gasteiger partial charge in [0.1, 0.15) is 5.82 Å². The van der Waals surface area contributed by atoms with Crippen molar-refractivity contribution in [2.24, 2.45) is 0 Å². The highest BCUT2D eigenvalue weighted by molar-refractivity contribution is 6.01. The van der Waals surface area contributed by atoms with E-state index in [2.05, 4.69) is 15.5 Å². The normalized spacial score (nSPS) is 13.9. The standard InChI is InChI=1S/C13H14N4O/c1-14-12-7-10(15-16-12)8-3-4-11-9(5-8)6-13(18)17(11)2/h3-5,7H,6H2,1-2H3,(H2,14,15,16). The molecule has 18 heavy (non-hydrogen) atoms. The minimum atomic E-state index is 0.141. The van der Waals surface area contributed by atoms with Crippen molar-refractivity contribution >= 4 is 17.4 Å². The number of rotatable bonds is 2. The van der Waals surface area contributed by atoms with Crippen LogP contribution in [-0.2, 0) is 11.2 Å². The Hall–Kier alpha value is -2.30. The lowest BCUT2D eigenvalue weighted by molar-refractivity contribution is -0.117. The number of carbonyl (C=O) groups excluding carboxylic acids is 1. The molecule has 0 fully saturated rings. The van der Waals surface area contributed by atoms with E-state index in [0.29, 0.717) is 6.42 Å². The Balaban J connectivity index is 2.01. The van der Waals surface area contributed by atoms with Crippen molar-refractivity contribution in [2.75, 3.05) is 24.3 Å². The molecule has 1 aliphatic heterocycles. The molecule has 5 nitrogen and oxygen atoms in total. The van der Waals surface area contributed by atoms with Gasteiger partial charge in [0.25, 0.3) is 0 Å². The van der Waals surface area contributed by atoms with Crippen LogP contribution in [-0.4, -0.2) is 30.2 Å². The van der Waals surface area contributed by atoms with Gasteiger partial charge in [-0.1, -0.05) is 6.07 Å². The summed E-state index contributed by atoms with van der Waals surface area (Å²) < 4.78 is 0. The molecule has 2 aromatic rings. The molecule has 1 amide bonds. The van der Waals surface area contributed by atoms with Crippen LogP contribution in [0, 0.1) is 0 Å². The Morgan fingerprint density at radius 1 is 1.39 bits per heavy atom. The Morgan fingerprint density at radius 3 is 2.94 bits per heavy atom. The molecule has 3 rings (SSSR count). The SMILES string of the molecule is CNc1cc(-c2ccc3c(c2)CC(=O)N3C)[nH]n1. The third kappa shape index (κ3) is 1.55. The van der Waals surface area contributed by atoms with Crippen molar-refractivity contribution in [1.29, 1.82) is 0 Å². The van der Waals surface area contributed by atoms with Gasteiger partial charge in [0.15, 0.2) is 0 Å². The first-order valence-corrected chi connectivity index (χ1v) is 5.82. The van der Waals surface area contributed by atoms with E-state index in [-0.39, 0.29) is 5.91 Å². The van der Waals surface area contributed by atoms with Crippen molar-refractivity contribution in [3.8, 4) is 11.3 Å². The molecule has 92 valence electrons.